The third-order valence-electron chi connectivity index (χ3n) is 5.18. The number of hydrogen-bond acceptors (Lipinski definition) is 8. The highest BCUT2D eigenvalue weighted by atomic mass is 32.2. The van der Waals surface area contributed by atoms with Crippen LogP contribution in [0.1, 0.15) is 25.7 Å². The van der Waals surface area contributed by atoms with Crippen molar-refractivity contribution >= 4 is 21.7 Å². The van der Waals surface area contributed by atoms with E-state index in [1.165, 1.54) is 36.2 Å². The molecule has 0 unspecified atom stereocenters. The van der Waals surface area contributed by atoms with Crippen LogP contribution in [0.25, 0.3) is 0 Å². The third kappa shape index (κ3) is 3.91. The Morgan fingerprint density at radius 2 is 1.41 bits per heavy atom. The van der Waals surface area contributed by atoms with Crippen LogP contribution in [0.2, 0.25) is 0 Å². The topological polar surface area (TPSA) is 95.7 Å². The number of nitrogens with zero attached hydrogens (tertiary/aromatic N) is 6. The lowest BCUT2D eigenvalue weighted by Crippen LogP contribution is -2.48. The Kier molecular flexibility index (Phi) is 5.26. The van der Waals surface area contributed by atoms with Gasteiger partial charge in [-0.15, -0.1) is 10.2 Å². The Morgan fingerprint density at radius 3 is 1.93 bits per heavy atom. The van der Waals surface area contributed by atoms with E-state index in [1.54, 1.807) is 0 Å². The molecule has 0 aromatic carbocycles. The molecule has 9 nitrogen and oxygen atoms in total. The Balaban J connectivity index is 1.38. The van der Waals surface area contributed by atoms with E-state index in [2.05, 4.69) is 29.7 Å². The van der Waals surface area contributed by atoms with Gasteiger partial charge in [-0.1, -0.05) is 18.0 Å². The summed E-state index contributed by atoms with van der Waals surface area (Å²) < 4.78 is 31.1. The second-order valence-corrected chi connectivity index (χ2v) is 8.84. The molecule has 27 heavy (non-hydrogen) atoms. The fraction of sp³-hybridized carbons (Fsp3) is 0.588. The van der Waals surface area contributed by atoms with Gasteiger partial charge < -0.3 is 14.3 Å². The highest BCUT2D eigenvalue weighted by Gasteiger charge is 2.30. The molecule has 2 saturated heterocycles. The molecule has 0 saturated carbocycles. The van der Waals surface area contributed by atoms with Gasteiger partial charge in [-0.25, -0.2) is 8.42 Å². The molecule has 4 heterocycles. The van der Waals surface area contributed by atoms with Gasteiger partial charge in [0, 0.05) is 39.3 Å². The van der Waals surface area contributed by atoms with Crippen molar-refractivity contribution in [3.8, 4) is 0 Å². The first kappa shape index (κ1) is 18.2. The SMILES string of the molecule is O=S(=O)(c1cnoc1)N1CCN(c2ccc(N3CCCCCC3)nn2)CC1. The highest BCUT2D eigenvalue weighted by Crippen LogP contribution is 2.21. The molecule has 10 heteroatoms. The van der Waals surface area contributed by atoms with Crippen molar-refractivity contribution in [1.82, 2.24) is 19.7 Å². The maximum absolute atomic E-state index is 12.5. The maximum Gasteiger partial charge on any atom is 0.248 e. The lowest BCUT2D eigenvalue weighted by molar-refractivity contribution is 0.382. The minimum absolute atomic E-state index is 0.0949. The molecule has 2 aliphatic rings. The molecule has 2 aliphatic heterocycles. The molecule has 0 aliphatic carbocycles. The van der Waals surface area contributed by atoms with Gasteiger partial charge in [-0.2, -0.15) is 4.31 Å². The minimum Gasteiger partial charge on any atom is -0.363 e. The smallest absolute Gasteiger partial charge is 0.248 e. The third-order valence-corrected chi connectivity index (χ3v) is 7.02. The molecule has 2 fully saturated rings. The molecule has 0 radical (unpaired) electrons. The number of piperazine rings is 1. The summed E-state index contributed by atoms with van der Waals surface area (Å²) >= 11 is 0. The quantitative estimate of drug-likeness (QED) is 0.770. The minimum atomic E-state index is -3.54. The molecule has 0 bridgehead atoms. The average Bonchev–Trinajstić information content (AvgIpc) is 3.12. The Bertz CT molecular complexity index is 824. The van der Waals surface area contributed by atoms with E-state index in [-0.39, 0.29) is 4.90 Å². The van der Waals surface area contributed by atoms with Gasteiger partial charge in [-0.3, -0.25) is 0 Å². The summed E-state index contributed by atoms with van der Waals surface area (Å²) in [5.74, 6) is 1.71. The van der Waals surface area contributed by atoms with E-state index >= 15 is 0 Å². The van der Waals surface area contributed by atoms with Gasteiger partial charge in [0.25, 0.3) is 0 Å². The monoisotopic (exact) mass is 392 g/mol. The first-order valence-corrected chi connectivity index (χ1v) is 10.8. The van der Waals surface area contributed by atoms with Crippen LogP contribution in [0.4, 0.5) is 11.6 Å². The van der Waals surface area contributed by atoms with E-state index in [9.17, 15) is 8.42 Å². The first-order valence-electron chi connectivity index (χ1n) is 9.38. The van der Waals surface area contributed by atoms with Crippen molar-refractivity contribution in [3.05, 3.63) is 24.6 Å². The lowest BCUT2D eigenvalue weighted by Gasteiger charge is -2.34. The van der Waals surface area contributed by atoms with Crippen LogP contribution in [0.15, 0.2) is 34.0 Å². The van der Waals surface area contributed by atoms with Gasteiger partial charge in [0.2, 0.25) is 10.0 Å². The predicted molar refractivity (Wildman–Crippen MR) is 100 cm³/mol. The summed E-state index contributed by atoms with van der Waals surface area (Å²) in [4.78, 5) is 4.46. The van der Waals surface area contributed by atoms with Crippen molar-refractivity contribution in [2.24, 2.45) is 0 Å². The summed E-state index contributed by atoms with van der Waals surface area (Å²) in [5.41, 5.74) is 0. The lowest BCUT2D eigenvalue weighted by atomic mass is 10.2. The zero-order chi connectivity index (χ0) is 18.7. The van der Waals surface area contributed by atoms with Gasteiger partial charge in [0.05, 0.1) is 6.20 Å². The maximum atomic E-state index is 12.5. The van der Waals surface area contributed by atoms with Crippen molar-refractivity contribution < 1.29 is 12.9 Å². The van der Waals surface area contributed by atoms with Crippen molar-refractivity contribution in [2.75, 3.05) is 49.1 Å². The molecule has 4 rings (SSSR count). The highest BCUT2D eigenvalue weighted by molar-refractivity contribution is 7.89. The molecule has 146 valence electrons. The Hall–Kier alpha value is -2.20. The van der Waals surface area contributed by atoms with Crippen LogP contribution in [0.5, 0.6) is 0 Å². The van der Waals surface area contributed by atoms with Gasteiger partial charge in [-0.05, 0) is 25.0 Å². The van der Waals surface area contributed by atoms with Crippen LogP contribution in [-0.4, -0.2) is 67.3 Å². The summed E-state index contributed by atoms with van der Waals surface area (Å²) in [7, 11) is -3.54. The zero-order valence-electron chi connectivity index (χ0n) is 15.2. The number of aromatic nitrogens is 3. The van der Waals surface area contributed by atoms with E-state index in [1.807, 2.05) is 12.1 Å². The second-order valence-electron chi connectivity index (χ2n) is 6.90. The summed E-state index contributed by atoms with van der Waals surface area (Å²) in [5, 5.41) is 12.3. The van der Waals surface area contributed by atoms with Gasteiger partial charge in [0.15, 0.2) is 11.6 Å². The van der Waals surface area contributed by atoms with Gasteiger partial charge >= 0.3 is 0 Å². The molecule has 2 aromatic heterocycles. The standard InChI is InChI=1S/C17H24N6O3S/c24-27(25,15-13-18-26-14-15)23-11-9-22(10-12-23)17-6-5-16(19-20-17)21-7-3-1-2-4-8-21/h5-6,13-14H,1-4,7-12H2. The number of hydrogen-bond donors (Lipinski definition) is 0. The van der Waals surface area contributed by atoms with E-state index in [0.29, 0.717) is 26.2 Å². The fourth-order valence-electron chi connectivity index (χ4n) is 3.58. The summed E-state index contributed by atoms with van der Waals surface area (Å²) in [6.07, 6.45) is 7.36. The van der Waals surface area contributed by atoms with Crippen LogP contribution in [0.3, 0.4) is 0 Å². The molecule has 0 atom stereocenters. The van der Waals surface area contributed by atoms with Crippen molar-refractivity contribution in [3.63, 3.8) is 0 Å². The Morgan fingerprint density at radius 1 is 0.815 bits per heavy atom. The fourth-order valence-corrected chi connectivity index (χ4v) is 4.87. The van der Waals surface area contributed by atoms with Crippen LogP contribution < -0.4 is 9.80 Å². The molecule has 0 N–H and O–H groups in total. The van der Waals surface area contributed by atoms with Crippen molar-refractivity contribution in [2.45, 2.75) is 30.6 Å². The normalized spacial score (nSPS) is 19.9. The molecular weight excluding hydrogens is 368 g/mol. The van der Waals surface area contributed by atoms with Crippen molar-refractivity contribution in [1.29, 1.82) is 0 Å². The molecule has 0 amide bonds. The number of sulfonamides is 1. The first-order chi connectivity index (χ1) is 13.1. The summed E-state index contributed by atoms with van der Waals surface area (Å²) in [6.45, 7) is 4.00. The van der Waals surface area contributed by atoms with E-state index < -0.39 is 10.0 Å². The number of anilines is 2. The molecule has 2 aromatic rings. The summed E-state index contributed by atoms with van der Waals surface area (Å²) in [6, 6.07) is 4.01. The second kappa shape index (κ2) is 7.81. The predicted octanol–water partition coefficient (Wildman–Crippen LogP) is 1.36. The zero-order valence-corrected chi connectivity index (χ0v) is 16.0. The van der Waals surface area contributed by atoms with Crippen LogP contribution >= 0.6 is 0 Å². The number of rotatable bonds is 4. The Labute approximate surface area is 159 Å². The van der Waals surface area contributed by atoms with E-state index in [4.69, 9.17) is 0 Å². The largest absolute Gasteiger partial charge is 0.363 e. The molecular formula is C17H24N6O3S. The van der Waals surface area contributed by atoms with Crippen LogP contribution in [0, 0.1) is 0 Å². The molecule has 0 spiro atoms. The van der Waals surface area contributed by atoms with Crippen LogP contribution in [-0.2, 0) is 10.0 Å². The van der Waals surface area contributed by atoms with E-state index in [0.717, 1.165) is 31.0 Å². The van der Waals surface area contributed by atoms with Gasteiger partial charge in [0.1, 0.15) is 11.2 Å². The average molecular weight is 392 g/mol.